The molecule has 7 nitrogen and oxygen atoms in total. The number of aliphatic hydroxyl groups excluding tert-OH is 1. The lowest BCUT2D eigenvalue weighted by molar-refractivity contribution is -0.257. The largest absolute Gasteiger partial charge is 0.393 e. The lowest BCUT2D eigenvalue weighted by atomic mass is 9.45. The number of ether oxygens (including phenoxy) is 4. The van der Waals surface area contributed by atoms with Crippen molar-refractivity contribution >= 4 is 33.3 Å². The molecule has 0 aromatic carbocycles. The van der Waals surface area contributed by atoms with Crippen LogP contribution in [0.4, 0.5) is 0 Å². The second kappa shape index (κ2) is 8.72. The van der Waals surface area contributed by atoms with Crippen molar-refractivity contribution in [3.8, 4) is 0 Å². The van der Waals surface area contributed by atoms with Gasteiger partial charge in [0, 0.05) is 20.5 Å². The predicted molar refractivity (Wildman–Crippen MR) is 150 cm³/mol. The van der Waals surface area contributed by atoms with E-state index in [9.17, 15) is 5.11 Å². The molecule has 6 aliphatic rings. The van der Waals surface area contributed by atoms with E-state index in [1.165, 1.54) is 26.6 Å². The third-order valence-corrected chi connectivity index (χ3v) is 13.7. The Morgan fingerprint density at radius 2 is 2.00 bits per heavy atom. The standard InChI is InChI=1S/C30H37BrN2O5S/c1-27-10-18-13-32-33(14-21-5-4-20(12-31)39-21)24(18)9-19(27)3-6-22-23-7-8-29(28(23,2)11-25(34)26(22)27)30(38-17-36-29)15-35-16-37-30/h4-5,9,13,22-23,25-26,34H,3,6-8,10-12,14-17H2,1-2H3/t22-,23-,25-,26+,27-,28-,29+,30?/m0/s1. The molecule has 1 N–H and O–H groups in total. The molecule has 3 saturated carbocycles. The predicted octanol–water partition coefficient (Wildman–Crippen LogP) is 5.48. The second-order valence-electron chi connectivity index (χ2n) is 13.1. The van der Waals surface area contributed by atoms with Crippen molar-refractivity contribution in [3.63, 3.8) is 0 Å². The number of thiophene rings is 1. The first-order valence-electron chi connectivity index (χ1n) is 14.4. The molecular weight excluding hydrogens is 580 g/mol. The maximum atomic E-state index is 12.1. The first-order valence-corrected chi connectivity index (χ1v) is 16.3. The van der Waals surface area contributed by atoms with E-state index < -0.39 is 17.5 Å². The van der Waals surface area contributed by atoms with Gasteiger partial charge in [-0.05, 0) is 85.5 Å². The summed E-state index contributed by atoms with van der Waals surface area (Å²) in [4.78, 5) is 2.67. The van der Waals surface area contributed by atoms with E-state index in [-0.39, 0.29) is 30.3 Å². The fourth-order valence-electron chi connectivity index (χ4n) is 10.1. The molecule has 8 rings (SSSR count). The maximum Gasteiger partial charge on any atom is 0.226 e. The molecule has 0 bridgehead atoms. The molecule has 2 aromatic heterocycles. The number of hydrogen-bond acceptors (Lipinski definition) is 7. The highest BCUT2D eigenvalue weighted by Gasteiger charge is 2.76. The van der Waals surface area contributed by atoms with Gasteiger partial charge in [-0.15, -0.1) is 11.3 Å². The van der Waals surface area contributed by atoms with Crippen molar-refractivity contribution in [2.45, 2.75) is 81.7 Å². The summed E-state index contributed by atoms with van der Waals surface area (Å²) in [5, 5.41) is 17.8. The molecule has 39 heavy (non-hydrogen) atoms. The van der Waals surface area contributed by atoms with Crippen LogP contribution in [0.15, 0.2) is 23.9 Å². The van der Waals surface area contributed by atoms with E-state index in [1.807, 2.05) is 11.3 Å². The lowest BCUT2D eigenvalue weighted by Crippen LogP contribution is -2.66. The van der Waals surface area contributed by atoms with Gasteiger partial charge >= 0.3 is 0 Å². The normalized spacial score (nSPS) is 44.4. The molecule has 5 fully saturated rings. The van der Waals surface area contributed by atoms with Gasteiger partial charge in [-0.1, -0.05) is 35.4 Å². The summed E-state index contributed by atoms with van der Waals surface area (Å²) in [5.41, 5.74) is 3.19. The van der Waals surface area contributed by atoms with Gasteiger partial charge in [-0.2, -0.15) is 5.10 Å². The van der Waals surface area contributed by atoms with E-state index in [4.69, 9.17) is 24.0 Å². The van der Waals surface area contributed by atoms with E-state index in [0.717, 1.165) is 44.0 Å². The Morgan fingerprint density at radius 3 is 2.79 bits per heavy atom. The smallest absolute Gasteiger partial charge is 0.226 e. The van der Waals surface area contributed by atoms with Crippen molar-refractivity contribution in [2.75, 3.05) is 20.2 Å². The van der Waals surface area contributed by atoms with Crippen LogP contribution in [0.25, 0.3) is 6.08 Å². The lowest BCUT2D eigenvalue weighted by Gasteiger charge is -2.61. The van der Waals surface area contributed by atoms with Crippen LogP contribution in [-0.4, -0.2) is 52.6 Å². The fraction of sp³-hybridized carbons (Fsp3) is 0.700. The van der Waals surface area contributed by atoms with Crippen molar-refractivity contribution in [3.05, 3.63) is 44.9 Å². The van der Waals surface area contributed by atoms with Gasteiger partial charge in [0.2, 0.25) is 5.79 Å². The Labute approximate surface area is 242 Å². The van der Waals surface area contributed by atoms with Crippen LogP contribution >= 0.6 is 27.3 Å². The highest BCUT2D eigenvalue weighted by molar-refractivity contribution is 9.08. The molecule has 210 valence electrons. The summed E-state index contributed by atoms with van der Waals surface area (Å²) < 4.78 is 26.7. The van der Waals surface area contributed by atoms with Crippen molar-refractivity contribution in [1.82, 2.24) is 9.78 Å². The summed E-state index contributed by atoms with van der Waals surface area (Å²) in [6.45, 7) is 6.44. The molecule has 2 spiro atoms. The molecule has 2 aromatic rings. The Hall–Kier alpha value is -1.07. The van der Waals surface area contributed by atoms with Crippen LogP contribution in [0, 0.1) is 28.6 Å². The number of hydrogen-bond donors (Lipinski definition) is 1. The molecule has 8 atom stereocenters. The third-order valence-electron chi connectivity index (χ3n) is 11.7. The number of nitrogens with zero attached hydrogens (tertiary/aromatic N) is 2. The van der Waals surface area contributed by atoms with Crippen LogP contribution in [0.3, 0.4) is 0 Å². The Kier molecular flexibility index (Phi) is 5.73. The Morgan fingerprint density at radius 1 is 1.15 bits per heavy atom. The van der Waals surface area contributed by atoms with Crippen LogP contribution in [0.2, 0.25) is 0 Å². The monoisotopic (exact) mass is 616 g/mol. The summed E-state index contributed by atoms with van der Waals surface area (Å²) in [5.74, 6) is 0.270. The minimum Gasteiger partial charge on any atom is -0.393 e. The number of rotatable bonds is 3. The van der Waals surface area contributed by atoms with Crippen LogP contribution in [0.1, 0.15) is 67.0 Å². The van der Waals surface area contributed by atoms with Crippen molar-refractivity contribution in [2.24, 2.45) is 28.6 Å². The SMILES string of the molecule is C[C@]12Cc3cnn(Cc4ccc(CBr)s4)c3C=C1CC[C@@H]1[C@@H]2[C@@H](O)C[C@@]2(C)[C@H]1CC[C@@]21OCOC12COCO2. The van der Waals surface area contributed by atoms with Crippen LogP contribution < -0.4 is 0 Å². The molecule has 9 heteroatoms. The van der Waals surface area contributed by atoms with E-state index in [1.54, 1.807) is 0 Å². The summed E-state index contributed by atoms with van der Waals surface area (Å²) in [6.07, 6.45) is 9.88. The molecule has 0 amide bonds. The molecule has 4 aliphatic carbocycles. The minimum absolute atomic E-state index is 0.0654. The summed E-state index contributed by atoms with van der Waals surface area (Å²) in [7, 11) is 0. The first-order chi connectivity index (χ1) is 18.8. The van der Waals surface area contributed by atoms with Crippen LogP contribution in [0.5, 0.6) is 0 Å². The number of aromatic nitrogens is 2. The minimum atomic E-state index is -0.848. The van der Waals surface area contributed by atoms with Crippen molar-refractivity contribution in [1.29, 1.82) is 0 Å². The second-order valence-corrected chi connectivity index (χ2v) is 15.0. The number of fused-ring (bicyclic) bond motifs is 8. The van der Waals surface area contributed by atoms with Crippen molar-refractivity contribution < 1.29 is 24.1 Å². The molecule has 1 unspecified atom stereocenters. The Bertz CT molecular complexity index is 1330. The van der Waals surface area contributed by atoms with Gasteiger partial charge in [0.05, 0.1) is 24.5 Å². The van der Waals surface area contributed by atoms with E-state index in [2.05, 4.69) is 58.9 Å². The zero-order chi connectivity index (χ0) is 26.6. The fourth-order valence-corrected chi connectivity index (χ4v) is 11.4. The Balaban J connectivity index is 1.11. The van der Waals surface area contributed by atoms with Gasteiger partial charge in [0.1, 0.15) is 12.2 Å². The van der Waals surface area contributed by atoms with Gasteiger partial charge in [-0.3, -0.25) is 4.68 Å². The molecule has 0 radical (unpaired) electrons. The quantitative estimate of drug-likeness (QED) is 0.460. The zero-order valence-electron chi connectivity index (χ0n) is 22.7. The van der Waals surface area contributed by atoms with Gasteiger partial charge in [-0.25, -0.2) is 0 Å². The summed E-state index contributed by atoms with van der Waals surface area (Å²) in [6, 6.07) is 4.42. The molecule has 2 aliphatic heterocycles. The average molecular weight is 618 g/mol. The zero-order valence-corrected chi connectivity index (χ0v) is 25.1. The number of aliphatic hydroxyl groups is 1. The van der Waals surface area contributed by atoms with Gasteiger partial charge in [0.15, 0.2) is 13.6 Å². The highest BCUT2D eigenvalue weighted by atomic mass is 79.9. The maximum absolute atomic E-state index is 12.1. The third kappa shape index (κ3) is 3.30. The van der Waals surface area contributed by atoms with Gasteiger partial charge < -0.3 is 24.1 Å². The number of alkyl halides is 1. The topological polar surface area (TPSA) is 75.0 Å². The van der Waals surface area contributed by atoms with Crippen LogP contribution in [-0.2, 0) is 37.2 Å². The van der Waals surface area contributed by atoms with Gasteiger partial charge in [0.25, 0.3) is 0 Å². The number of halogens is 1. The molecule has 4 heterocycles. The highest BCUT2D eigenvalue weighted by Crippen LogP contribution is 2.71. The average Bonchev–Trinajstić information content (AvgIpc) is 3.74. The molecule has 2 saturated heterocycles. The van der Waals surface area contributed by atoms with E-state index in [0.29, 0.717) is 24.9 Å². The summed E-state index contributed by atoms with van der Waals surface area (Å²) >= 11 is 5.42. The number of allylic oxidation sites excluding steroid dienone is 1. The first kappa shape index (κ1) is 25.6. The molecular formula is C30H37BrN2O5S. The van der Waals surface area contributed by atoms with E-state index >= 15 is 0 Å².